The normalized spacial score (nSPS) is 28.8. The lowest BCUT2D eigenvalue weighted by Crippen LogP contribution is -2.93. The van der Waals surface area contributed by atoms with Crippen molar-refractivity contribution in [2.24, 2.45) is 0 Å². The number of carbonyl (C=O) groups is 6. The van der Waals surface area contributed by atoms with E-state index in [-0.39, 0.29) is 68.7 Å². The second-order valence-electron chi connectivity index (χ2n) is 23.1. The van der Waals surface area contributed by atoms with Gasteiger partial charge in [-0.25, -0.2) is 0 Å². The van der Waals surface area contributed by atoms with Crippen LogP contribution in [0.3, 0.4) is 0 Å². The molecule has 12 atom stereocenters. The van der Waals surface area contributed by atoms with Crippen molar-refractivity contribution in [2.75, 3.05) is 7.11 Å². The number of aliphatic hydroxyl groups excluding tert-OH is 3. The van der Waals surface area contributed by atoms with Crippen LogP contribution in [0.4, 0.5) is 0 Å². The SMILES string of the molecule is COc1cccc2c1C(=O)c1c(O)c3c(c(O)c1C2=O)C[C@@](O)(C(C)=O)CC3OC1CC([NH2+]Cc2cccc(C[NH2+]C3CC(O[C@H]4C[C@](O)(C(C)=O)Cc5c(O)c6c(c(O)c54)C(=O)c4c(CO)cccc4C6=O)OC(C)C3O)c2)C(O)C(C)O1. The molecule has 2 saturated heterocycles. The molecule has 0 spiro atoms. The summed E-state index contributed by atoms with van der Waals surface area (Å²) in [5.74, 6) is -7.19. The highest BCUT2D eigenvalue weighted by Crippen LogP contribution is 2.54. The molecule has 0 radical (unpaired) electrons. The third-order valence-corrected chi connectivity index (χ3v) is 18.0. The molecule has 5 aromatic rings. The van der Waals surface area contributed by atoms with Gasteiger partial charge in [-0.3, -0.25) is 28.8 Å². The Hall–Kier alpha value is -7.32. The lowest BCUT2D eigenvalue weighted by Gasteiger charge is -2.42. The predicted molar refractivity (Wildman–Crippen MR) is 289 cm³/mol. The van der Waals surface area contributed by atoms with Gasteiger partial charge in [-0.15, -0.1) is 0 Å². The first-order valence-electron chi connectivity index (χ1n) is 27.9. The van der Waals surface area contributed by atoms with Crippen molar-refractivity contribution in [3.8, 4) is 28.7 Å². The number of benzene rings is 5. The van der Waals surface area contributed by atoms with Gasteiger partial charge in [0, 0.05) is 75.8 Å². The fourth-order valence-corrected chi connectivity index (χ4v) is 13.3. The largest absolute Gasteiger partial charge is 0.507 e. The second-order valence-corrected chi connectivity index (χ2v) is 23.1. The molecule has 9 unspecified atom stereocenters. The Balaban J connectivity index is 0.783. The molecule has 2 aliphatic heterocycles. The summed E-state index contributed by atoms with van der Waals surface area (Å²) in [6, 6.07) is 15.2. The summed E-state index contributed by atoms with van der Waals surface area (Å²) in [4.78, 5) is 82.3. The third-order valence-electron chi connectivity index (χ3n) is 18.0. The van der Waals surface area contributed by atoms with Gasteiger partial charge >= 0.3 is 0 Å². The monoisotopic (exact) mass is 1160 g/mol. The molecular weight excluding hydrogens is 1090 g/mol. The molecule has 442 valence electrons. The van der Waals surface area contributed by atoms with Crippen molar-refractivity contribution in [3.63, 3.8) is 0 Å². The van der Waals surface area contributed by atoms with E-state index in [1.807, 2.05) is 34.9 Å². The first-order valence-corrected chi connectivity index (χ1v) is 27.9. The van der Waals surface area contributed by atoms with Crippen LogP contribution in [0.5, 0.6) is 28.7 Å². The summed E-state index contributed by atoms with van der Waals surface area (Å²) in [6.07, 6.45) is -10.3. The van der Waals surface area contributed by atoms with Crippen LogP contribution >= 0.6 is 0 Å². The zero-order valence-corrected chi connectivity index (χ0v) is 46.6. The minimum absolute atomic E-state index is 0.0553. The lowest BCUT2D eigenvalue weighted by molar-refractivity contribution is -0.719. The van der Waals surface area contributed by atoms with E-state index in [1.54, 1.807) is 13.8 Å². The Kier molecular flexibility index (Phi) is 15.3. The van der Waals surface area contributed by atoms with Gasteiger partial charge < -0.3 is 80.3 Å². The summed E-state index contributed by atoms with van der Waals surface area (Å²) in [6.45, 7) is 5.74. The van der Waals surface area contributed by atoms with Gasteiger partial charge in [0.05, 0.1) is 78.8 Å². The van der Waals surface area contributed by atoms with Crippen molar-refractivity contribution in [3.05, 3.63) is 144 Å². The summed E-state index contributed by atoms with van der Waals surface area (Å²) in [7, 11) is 1.32. The maximum absolute atomic E-state index is 14.2. The van der Waals surface area contributed by atoms with Crippen LogP contribution in [0.1, 0.15) is 168 Å². The van der Waals surface area contributed by atoms with Crippen LogP contribution in [0.2, 0.25) is 0 Å². The molecule has 2 fully saturated rings. The number of nitrogens with two attached hydrogens (primary N) is 2. The van der Waals surface area contributed by atoms with E-state index in [0.717, 1.165) is 18.1 Å². The standard InChI is InChI=1S/C62H64N2O20/c1-25-51(68)36(16-41(81-25)83-39-20-61(78,27(3)66)18-34-45(39)59(76)49-47(55(34)72)53(70)32-12-7-11-31(24-65)43(32)57(49)74)63-22-29-9-6-10-30(15-29)23-64-37-17-42(82-26(2)52(37)69)84-40-21-62(79,28(4)67)19-35-46(40)60(77)50-48(56(35)73)54(71)33-13-8-14-38(80-5)44(33)58(50)75/h6-15,25-26,36-37,39-42,51-52,63-65,68-69,72-73,76-79H,16-24H2,1-5H3/p+2/t25?,26?,36?,37?,39-,40?,41?,42?,51?,52?,61-,62-/m0/s1. The van der Waals surface area contributed by atoms with Gasteiger partial charge in [0.1, 0.15) is 77.3 Å². The quantitative estimate of drug-likeness (QED) is 0.0687. The molecule has 5 aromatic carbocycles. The number of aromatic hydroxyl groups is 4. The molecule has 2 heterocycles. The average molecular weight is 1160 g/mol. The number of carbonyl (C=O) groups excluding carboxylic acids is 6. The van der Waals surface area contributed by atoms with Crippen LogP contribution in [0.25, 0.3) is 0 Å². The van der Waals surface area contributed by atoms with Crippen molar-refractivity contribution in [1.82, 2.24) is 0 Å². The van der Waals surface area contributed by atoms with Crippen LogP contribution in [0.15, 0.2) is 60.7 Å². The van der Waals surface area contributed by atoms with E-state index in [0.29, 0.717) is 13.1 Å². The van der Waals surface area contributed by atoms with Crippen LogP contribution in [-0.2, 0) is 61.1 Å². The Labute approximate surface area is 480 Å². The first-order chi connectivity index (χ1) is 39.9. The number of quaternary nitrogens is 2. The summed E-state index contributed by atoms with van der Waals surface area (Å²) in [5, 5.41) is 108. The fraction of sp³-hybridized carbons (Fsp3) is 0.419. The topological polar surface area (TPSA) is 364 Å². The molecule has 6 aliphatic rings. The van der Waals surface area contributed by atoms with Gasteiger partial charge in [-0.2, -0.15) is 0 Å². The number of fused-ring (bicyclic) bond motifs is 6. The Bertz CT molecular complexity index is 3390. The smallest absolute Gasteiger partial charge is 0.202 e. The molecule has 84 heavy (non-hydrogen) atoms. The molecule has 0 bridgehead atoms. The fourth-order valence-electron chi connectivity index (χ4n) is 13.3. The highest BCUT2D eigenvalue weighted by atomic mass is 16.7. The van der Waals surface area contributed by atoms with Crippen molar-refractivity contribution < 1.29 is 109 Å². The minimum atomic E-state index is -2.13. The van der Waals surface area contributed by atoms with E-state index < -0.39 is 185 Å². The van der Waals surface area contributed by atoms with Crippen LogP contribution in [0, 0.1) is 0 Å². The molecule has 0 aromatic heterocycles. The Morgan fingerprint density at radius 3 is 1.45 bits per heavy atom. The van der Waals surface area contributed by atoms with Gasteiger partial charge in [0.25, 0.3) is 0 Å². The maximum atomic E-state index is 14.2. The maximum Gasteiger partial charge on any atom is 0.202 e. The highest BCUT2D eigenvalue weighted by Gasteiger charge is 2.52. The predicted octanol–water partition coefficient (Wildman–Crippen LogP) is 1.46. The van der Waals surface area contributed by atoms with Gasteiger partial charge in [0.2, 0.25) is 5.78 Å². The van der Waals surface area contributed by atoms with Crippen LogP contribution in [-0.4, -0.2) is 148 Å². The minimum Gasteiger partial charge on any atom is -0.507 e. The second kappa shape index (κ2) is 21.9. The molecule has 0 saturated carbocycles. The molecule has 13 N–H and O–H groups in total. The average Bonchev–Trinajstić information content (AvgIpc) is 0.760. The van der Waals surface area contributed by atoms with Gasteiger partial charge in [-0.05, 0) is 45.4 Å². The molecular formula is C62H66N2O20+2. The summed E-state index contributed by atoms with van der Waals surface area (Å²) >= 11 is 0. The van der Waals surface area contributed by atoms with E-state index in [2.05, 4.69) is 0 Å². The number of phenols is 4. The Morgan fingerprint density at radius 2 is 1.01 bits per heavy atom. The number of ether oxygens (including phenoxy) is 5. The number of Topliss-reactive ketones (excluding diaryl/α,β-unsaturated/α-hetero) is 2. The first kappa shape index (κ1) is 58.5. The number of hydrogen-bond acceptors (Lipinski definition) is 20. The van der Waals surface area contributed by atoms with Crippen LogP contribution < -0.4 is 15.4 Å². The van der Waals surface area contributed by atoms with E-state index >= 15 is 0 Å². The number of phenolic OH excluding ortho intramolecular Hbond substituents is 4. The number of rotatable bonds is 14. The number of methoxy groups -OCH3 is 1. The number of ketones is 6. The zero-order valence-electron chi connectivity index (χ0n) is 46.6. The molecule has 11 rings (SSSR count). The molecule has 22 heteroatoms. The van der Waals surface area contributed by atoms with Gasteiger partial charge in [0.15, 0.2) is 41.5 Å². The number of hydrogen-bond donors (Lipinski definition) is 11. The third kappa shape index (κ3) is 9.68. The van der Waals surface area contributed by atoms with E-state index in [9.17, 15) is 74.7 Å². The molecule has 22 nitrogen and oxygen atoms in total. The highest BCUT2D eigenvalue weighted by molar-refractivity contribution is 6.32. The molecule has 0 amide bonds. The van der Waals surface area contributed by atoms with Crippen molar-refractivity contribution in [2.45, 2.75) is 158 Å². The van der Waals surface area contributed by atoms with Gasteiger partial charge in [-0.1, -0.05) is 48.5 Å². The summed E-state index contributed by atoms with van der Waals surface area (Å²) < 4.78 is 30.6. The lowest BCUT2D eigenvalue weighted by atomic mass is 9.71. The van der Waals surface area contributed by atoms with E-state index in [1.165, 1.54) is 50.4 Å². The number of aliphatic hydroxyl groups is 5. The Morgan fingerprint density at radius 1 is 0.595 bits per heavy atom. The van der Waals surface area contributed by atoms with E-state index in [4.69, 9.17) is 23.7 Å². The van der Waals surface area contributed by atoms with Crippen molar-refractivity contribution >= 4 is 34.7 Å². The zero-order chi connectivity index (χ0) is 60.2. The molecule has 4 aliphatic carbocycles. The summed E-state index contributed by atoms with van der Waals surface area (Å²) in [5.41, 5.74) is -5.29. The van der Waals surface area contributed by atoms with Crippen molar-refractivity contribution in [1.29, 1.82) is 0 Å².